The molecule has 10 heteroatoms. The van der Waals surface area contributed by atoms with Crippen molar-refractivity contribution < 1.29 is 4.79 Å². The SMILES string of the molecule is Cc1ccc(-n2nc(C(C)(C)C)cc2NC(=O)Nc2ccc(-c3cnc(NC4CCCCS4)cn3)c3ccccc23)cn1. The maximum atomic E-state index is 13.4. The number of thioether (sulfide) groups is 1. The average Bonchev–Trinajstić information content (AvgIpc) is 3.43. The summed E-state index contributed by atoms with van der Waals surface area (Å²) < 4.78 is 1.72. The van der Waals surface area contributed by atoms with E-state index < -0.39 is 0 Å². The number of fused-ring (bicyclic) bond motifs is 1. The molecule has 6 rings (SSSR count). The Morgan fingerprint density at radius 2 is 1.77 bits per heavy atom. The number of benzene rings is 2. The largest absolute Gasteiger partial charge is 0.357 e. The molecule has 1 unspecified atom stereocenters. The van der Waals surface area contributed by atoms with Gasteiger partial charge in [-0.05, 0) is 55.5 Å². The summed E-state index contributed by atoms with van der Waals surface area (Å²) in [5.41, 5.74) is 4.76. The second kappa shape index (κ2) is 12.0. The Hall–Kier alpha value is -4.44. The van der Waals surface area contributed by atoms with Gasteiger partial charge in [0.05, 0.1) is 46.7 Å². The third kappa shape index (κ3) is 6.49. The molecule has 0 radical (unpaired) electrons. The fourth-order valence-electron chi connectivity index (χ4n) is 5.08. The summed E-state index contributed by atoms with van der Waals surface area (Å²) in [6.45, 7) is 8.21. The zero-order valence-electron chi connectivity index (χ0n) is 24.9. The average molecular weight is 593 g/mol. The number of aromatic nitrogens is 5. The maximum absolute atomic E-state index is 13.4. The Labute approximate surface area is 255 Å². The van der Waals surface area contributed by atoms with E-state index in [9.17, 15) is 4.79 Å². The van der Waals surface area contributed by atoms with Gasteiger partial charge in [-0.25, -0.2) is 14.5 Å². The van der Waals surface area contributed by atoms with Gasteiger partial charge in [-0.15, -0.1) is 11.8 Å². The minimum Gasteiger partial charge on any atom is -0.357 e. The van der Waals surface area contributed by atoms with Crippen molar-refractivity contribution in [3.8, 4) is 16.9 Å². The van der Waals surface area contributed by atoms with Crippen LogP contribution in [-0.4, -0.2) is 41.9 Å². The fraction of sp³-hybridized carbons (Fsp3) is 0.303. The molecule has 0 aliphatic carbocycles. The third-order valence-electron chi connectivity index (χ3n) is 7.45. The van der Waals surface area contributed by atoms with E-state index in [2.05, 4.69) is 46.7 Å². The summed E-state index contributed by atoms with van der Waals surface area (Å²) in [5, 5.41) is 16.6. The van der Waals surface area contributed by atoms with Crippen molar-refractivity contribution in [3.05, 3.63) is 84.6 Å². The van der Waals surface area contributed by atoms with E-state index in [0.29, 0.717) is 16.9 Å². The number of nitrogens with zero attached hydrogens (tertiary/aromatic N) is 5. The van der Waals surface area contributed by atoms with E-state index in [1.807, 2.05) is 79.5 Å². The van der Waals surface area contributed by atoms with Gasteiger partial charge >= 0.3 is 6.03 Å². The third-order valence-corrected chi connectivity index (χ3v) is 8.73. The van der Waals surface area contributed by atoms with E-state index in [4.69, 9.17) is 10.1 Å². The highest BCUT2D eigenvalue weighted by atomic mass is 32.2. The number of nitrogens with one attached hydrogen (secondary N) is 3. The highest BCUT2D eigenvalue weighted by Crippen LogP contribution is 2.33. The van der Waals surface area contributed by atoms with Crippen LogP contribution in [0.2, 0.25) is 0 Å². The smallest absolute Gasteiger partial charge is 0.324 e. The van der Waals surface area contributed by atoms with Gasteiger partial charge in [-0.2, -0.15) is 5.10 Å². The van der Waals surface area contributed by atoms with Crippen molar-refractivity contribution in [2.45, 2.75) is 57.7 Å². The van der Waals surface area contributed by atoms with Crippen LogP contribution in [0.25, 0.3) is 27.7 Å². The van der Waals surface area contributed by atoms with Gasteiger partial charge < -0.3 is 10.6 Å². The summed E-state index contributed by atoms with van der Waals surface area (Å²) in [6, 6.07) is 17.3. The topological polar surface area (TPSA) is 110 Å². The molecule has 1 aliphatic rings. The Kier molecular flexibility index (Phi) is 8.03. The quantitative estimate of drug-likeness (QED) is 0.185. The molecule has 220 valence electrons. The first kappa shape index (κ1) is 28.7. The van der Waals surface area contributed by atoms with Gasteiger partial charge in [0, 0.05) is 28.1 Å². The van der Waals surface area contributed by atoms with Gasteiger partial charge in [0.15, 0.2) is 0 Å². The second-order valence-corrected chi connectivity index (χ2v) is 13.1. The predicted molar refractivity (Wildman–Crippen MR) is 176 cm³/mol. The Morgan fingerprint density at radius 1 is 0.930 bits per heavy atom. The molecule has 4 heterocycles. The zero-order chi connectivity index (χ0) is 30.0. The highest BCUT2D eigenvalue weighted by Gasteiger charge is 2.22. The standard InChI is InChI=1S/C33H36N8OS/c1-21-12-13-22(18-34-21)41-30(17-28(40-41)33(2,3)4)39-32(42)37-26-15-14-25(23-9-5-6-10-24(23)26)27-19-36-29(20-35-27)38-31-11-7-8-16-43-31/h5-6,9-10,12-15,17-20,31H,7-8,11,16H2,1-4H3,(H,36,38)(H2,37,39,42). The van der Waals surface area contributed by atoms with Crippen LogP contribution in [0.4, 0.5) is 22.1 Å². The zero-order valence-corrected chi connectivity index (χ0v) is 25.7. The van der Waals surface area contributed by atoms with Crippen molar-refractivity contribution in [3.63, 3.8) is 0 Å². The number of rotatable bonds is 6. The molecule has 1 saturated heterocycles. The highest BCUT2D eigenvalue weighted by molar-refractivity contribution is 8.00. The van der Waals surface area contributed by atoms with Crippen LogP contribution in [0.15, 0.2) is 73.2 Å². The first-order valence-corrected chi connectivity index (χ1v) is 15.6. The number of carbonyl (C=O) groups excluding carboxylic acids is 1. The molecule has 0 spiro atoms. The first-order valence-electron chi connectivity index (χ1n) is 14.6. The maximum Gasteiger partial charge on any atom is 0.324 e. The van der Waals surface area contributed by atoms with Crippen LogP contribution in [0, 0.1) is 6.92 Å². The molecule has 1 fully saturated rings. The van der Waals surface area contributed by atoms with Gasteiger partial charge in [-0.3, -0.25) is 15.3 Å². The molecule has 2 aromatic carbocycles. The van der Waals surface area contributed by atoms with Crippen molar-refractivity contribution in [1.29, 1.82) is 0 Å². The second-order valence-electron chi connectivity index (χ2n) is 11.8. The first-order chi connectivity index (χ1) is 20.7. The van der Waals surface area contributed by atoms with Crippen molar-refractivity contribution in [2.75, 3.05) is 21.7 Å². The number of carbonyl (C=O) groups is 1. The molecule has 3 N–H and O–H groups in total. The molecule has 43 heavy (non-hydrogen) atoms. The van der Waals surface area contributed by atoms with Crippen molar-refractivity contribution in [2.24, 2.45) is 0 Å². The normalized spacial score (nSPS) is 15.3. The monoisotopic (exact) mass is 592 g/mol. The van der Waals surface area contributed by atoms with E-state index in [1.54, 1.807) is 17.1 Å². The number of urea groups is 1. The number of hydrogen-bond donors (Lipinski definition) is 3. The van der Waals surface area contributed by atoms with E-state index in [-0.39, 0.29) is 11.4 Å². The Balaban J connectivity index is 1.24. The number of hydrogen-bond acceptors (Lipinski definition) is 7. The van der Waals surface area contributed by atoms with Crippen LogP contribution in [0.5, 0.6) is 0 Å². The van der Waals surface area contributed by atoms with Crippen LogP contribution in [0.1, 0.15) is 51.4 Å². The molecular formula is C33H36N8OS. The summed E-state index contributed by atoms with van der Waals surface area (Å²) in [5.74, 6) is 2.53. The van der Waals surface area contributed by atoms with Crippen LogP contribution in [-0.2, 0) is 5.41 Å². The van der Waals surface area contributed by atoms with E-state index in [1.165, 1.54) is 18.6 Å². The molecule has 5 aromatic rings. The molecule has 3 aromatic heterocycles. The number of anilines is 3. The lowest BCUT2D eigenvalue weighted by atomic mass is 9.92. The lowest BCUT2D eigenvalue weighted by Gasteiger charge is -2.22. The molecule has 1 atom stereocenters. The lowest BCUT2D eigenvalue weighted by Crippen LogP contribution is -2.21. The fourth-order valence-corrected chi connectivity index (χ4v) is 6.27. The number of amides is 2. The summed E-state index contributed by atoms with van der Waals surface area (Å²) in [4.78, 5) is 27.2. The lowest BCUT2D eigenvalue weighted by molar-refractivity contribution is 0.262. The summed E-state index contributed by atoms with van der Waals surface area (Å²) in [6.07, 6.45) is 9.03. The number of aryl methyl sites for hydroxylation is 1. The van der Waals surface area contributed by atoms with E-state index >= 15 is 0 Å². The van der Waals surface area contributed by atoms with Gasteiger partial charge in [0.2, 0.25) is 0 Å². The van der Waals surface area contributed by atoms with E-state index in [0.717, 1.165) is 51.3 Å². The van der Waals surface area contributed by atoms with Gasteiger partial charge in [-0.1, -0.05) is 51.1 Å². The Bertz CT molecular complexity index is 1740. The van der Waals surface area contributed by atoms with Gasteiger partial charge in [0.1, 0.15) is 11.6 Å². The van der Waals surface area contributed by atoms with Crippen molar-refractivity contribution >= 4 is 45.9 Å². The molecule has 2 amide bonds. The van der Waals surface area contributed by atoms with Gasteiger partial charge in [0.25, 0.3) is 0 Å². The minimum absolute atomic E-state index is 0.200. The predicted octanol–water partition coefficient (Wildman–Crippen LogP) is 7.78. The molecule has 0 saturated carbocycles. The van der Waals surface area contributed by atoms with Crippen LogP contribution < -0.4 is 16.0 Å². The summed E-state index contributed by atoms with van der Waals surface area (Å²) >= 11 is 1.94. The Morgan fingerprint density at radius 3 is 2.47 bits per heavy atom. The van der Waals surface area contributed by atoms with Crippen molar-refractivity contribution in [1.82, 2.24) is 24.7 Å². The van der Waals surface area contributed by atoms with Crippen LogP contribution >= 0.6 is 11.8 Å². The molecular weight excluding hydrogens is 556 g/mol. The number of pyridine rings is 1. The van der Waals surface area contributed by atoms with Crippen LogP contribution in [0.3, 0.4) is 0 Å². The molecule has 0 bridgehead atoms. The molecule has 9 nitrogen and oxygen atoms in total. The summed E-state index contributed by atoms with van der Waals surface area (Å²) in [7, 11) is 0. The minimum atomic E-state index is -0.365. The molecule has 1 aliphatic heterocycles.